The maximum atomic E-state index is 12.6. The van der Waals surface area contributed by atoms with Crippen LogP contribution in [-0.4, -0.2) is 47.5 Å². The minimum atomic E-state index is -0.169. The minimum absolute atomic E-state index is 0.113. The average Bonchev–Trinajstić information content (AvgIpc) is 3.25. The Bertz CT molecular complexity index is 892. The summed E-state index contributed by atoms with van der Waals surface area (Å²) >= 11 is 0. The van der Waals surface area contributed by atoms with Crippen LogP contribution in [0.25, 0.3) is 11.0 Å². The van der Waals surface area contributed by atoms with Crippen LogP contribution in [0.3, 0.4) is 0 Å². The summed E-state index contributed by atoms with van der Waals surface area (Å²) in [7, 11) is 0. The molecular formula is C23H30N4O3. The number of amides is 3. The second kappa shape index (κ2) is 7.93. The maximum Gasteiger partial charge on any atom is 0.317 e. The molecule has 5 rings (SSSR count). The monoisotopic (exact) mass is 410 g/mol. The van der Waals surface area contributed by atoms with Crippen LogP contribution in [0.15, 0.2) is 28.9 Å². The van der Waals surface area contributed by atoms with Gasteiger partial charge in [0.15, 0.2) is 11.3 Å². The molecule has 1 saturated heterocycles. The summed E-state index contributed by atoms with van der Waals surface area (Å²) in [5, 5.41) is 7.15. The number of hydrogen-bond donors (Lipinski definition) is 2. The molecule has 2 N–H and O–H groups in total. The number of hydrogen-bond acceptors (Lipinski definition) is 4. The van der Waals surface area contributed by atoms with Crippen molar-refractivity contribution in [2.24, 2.45) is 11.3 Å². The largest absolute Gasteiger partial charge is 0.449 e. The molecule has 7 nitrogen and oxygen atoms in total. The van der Waals surface area contributed by atoms with E-state index < -0.39 is 0 Å². The topological polar surface area (TPSA) is 87.5 Å². The summed E-state index contributed by atoms with van der Waals surface area (Å²) < 4.78 is 5.60. The number of fused-ring (bicyclic) bond motifs is 1. The Labute approximate surface area is 176 Å². The molecule has 160 valence electrons. The highest BCUT2D eigenvalue weighted by atomic mass is 16.3. The molecule has 2 aromatic rings. The van der Waals surface area contributed by atoms with Gasteiger partial charge in [-0.25, -0.2) is 4.79 Å². The van der Waals surface area contributed by atoms with Gasteiger partial charge < -0.3 is 20.0 Å². The normalized spacial score (nSPS) is 23.5. The molecule has 2 saturated carbocycles. The summed E-state index contributed by atoms with van der Waals surface area (Å²) in [5.74, 6) is 0.662. The smallest absolute Gasteiger partial charge is 0.317 e. The first-order valence-corrected chi connectivity index (χ1v) is 11.3. The number of piperidine rings is 1. The molecule has 3 fully saturated rings. The number of nitrogens with zero attached hydrogens (tertiary/aromatic N) is 2. The van der Waals surface area contributed by atoms with Crippen molar-refractivity contribution in [3.05, 3.63) is 30.3 Å². The predicted octanol–water partition coefficient (Wildman–Crippen LogP) is 3.70. The lowest BCUT2D eigenvalue weighted by Gasteiger charge is -2.34. The number of aromatic nitrogens is 1. The fraction of sp³-hybridized carbons (Fsp3) is 0.609. The Hall–Kier alpha value is -2.57. The summed E-state index contributed by atoms with van der Waals surface area (Å²) in [6.07, 6.45) is 12.5. The molecule has 0 aromatic carbocycles. The molecule has 2 aromatic heterocycles. The zero-order valence-electron chi connectivity index (χ0n) is 17.4. The maximum absolute atomic E-state index is 12.6. The third-order valence-electron chi connectivity index (χ3n) is 7.39. The second-order valence-electron chi connectivity index (χ2n) is 9.27. The number of carbonyl (C=O) groups is 2. The second-order valence-corrected chi connectivity index (χ2v) is 9.27. The minimum Gasteiger partial charge on any atom is -0.449 e. The SMILES string of the molecule is O=C(NCC1CC12CCN(C(=O)NC1CCCCC1)CC2)c1cc2ccncc2o1. The fourth-order valence-corrected chi connectivity index (χ4v) is 5.30. The molecule has 1 aliphatic heterocycles. The Morgan fingerprint density at radius 1 is 1.20 bits per heavy atom. The van der Waals surface area contributed by atoms with Crippen LogP contribution in [0.5, 0.6) is 0 Å². The van der Waals surface area contributed by atoms with Gasteiger partial charge in [-0.2, -0.15) is 0 Å². The Morgan fingerprint density at radius 2 is 2.00 bits per heavy atom. The van der Waals surface area contributed by atoms with Gasteiger partial charge in [0.2, 0.25) is 0 Å². The van der Waals surface area contributed by atoms with Crippen molar-refractivity contribution in [2.45, 2.75) is 57.4 Å². The summed E-state index contributed by atoms with van der Waals surface area (Å²) in [6.45, 7) is 2.31. The third kappa shape index (κ3) is 3.89. The van der Waals surface area contributed by atoms with E-state index in [2.05, 4.69) is 15.6 Å². The number of nitrogens with one attached hydrogen (secondary N) is 2. The number of likely N-dealkylation sites (tertiary alicyclic amines) is 1. The summed E-state index contributed by atoms with van der Waals surface area (Å²) in [4.78, 5) is 31.0. The lowest BCUT2D eigenvalue weighted by molar-refractivity contribution is 0.0922. The van der Waals surface area contributed by atoms with E-state index in [1.807, 2.05) is 11.0 Å². The van der Waals surface area contributed by atoms with Crippen molar-refractivity contribution in [3.63, 3.8) is 0 Å². The van der Waals surface area contributed by atoms with Crippen molar-refractivity contribution in [2.75, 3.05) is 19.6 Å². The number of rotatable bonds is 4. The van der Waals surface area contributed by atoms with Gasteiger partial charge in [-0.15, -0.1) is 0 Å². The van der Waals surface area contributed by atoms with Crippen molar-refractivity contribution in [1.82, 2.24) is 20.5 Å². The van der Waals surface area contributed by atoms with Crippen LogP contribution in [-0.2, 0) is 0 Å². The van der Waals surface area contributed by atoms with Crippen LogP contribution in [0.2, 0.25) is 0 Å². The molecular weight excluding hydrogens is 380 g/mol. The van der Waals surface area contributed by atoms with Gasteiger partial charge in [-0.3, -0.25) is 9.78 Å². The van der Waals surface area contributed by atoms with Gasteiger partial charge >= 0.3 is 6.03 Å². The molecule has 3 heterocycles. The first-order chi connectivity index (χ1) is 14.6. The molecule has 1 unspecified atom stereocenters. The standard InChI is InChI=1S/C23H30N4O3/c28-21(19-12-16-6-9-24-15-20(16)30-19)25-14-17-13-23(17)7-10-27(11-8-23)22(29)26-18-4-2-1-3-5-18/h6,9,12,15,17-18H,1-5,7-8,10-11,13-14H2,(H,25,28)(H,26,29). The number of urea groups is 1. The highest BCUT2D eigenvalue weighted by molar-refractivity contribution is 5.95. The van der Waals surface area contributed by atoms with Crippen LogP contribution in [0.1, 0.15) is 61.9 Å². The number of carbonyl (C=O) groups excluding carboxylic acids is 2. The van der Waals surface area contributed by atoms with Gasteiger partial charge in [0, 0.05) is 37.3 Å². The van der Waals surface area contributed by atoms with Crippen molar-refractivity contribution < 1.29 is 14.0 Å². The molecule has 7 heteroatoms. The molecule has 1 atom stereocenters. The molecule has 2 aliphatic carbocycles. The molecule has 3 amide bonds. The van der Waals surface area contributed by atoms with Crippen LogP contribution < -0.4 is 10.6 Å². The van der Waals surface area contributed by atoms with Crippen molar-refractivity contribution in [1.29, 1.82) is 0 Å². The number of furan rings is 1. The zero-order chi connectivity index (χ0) is 20.6. The third-order valence-corrected chi connectivity index (χ3v) is 7.39. The number of pyridine rings is 1. The first kappa shape index (κ1) is 19.4. The first-order valence-electron chi connectivity index (χ1n) is 11.3. The lowest BCUT2D eigenvalue weighted by Crippen LogP contribution is -2.48. The highest BCUT2D eigenvalue weighted by Gasteiger charge is 2.54. The highest BCUT2D eigenvalue weighted by Crippen LogP contribution is 2.59. The molecule has 30 heavy (non-hydrogen) atoms. The summed E-state index contributed by atoms with van der Waals surface area (Å²) in [5.41, 5.74) is 0.927. The molecule has 1 spiro atoms. The Balaban J connectivity index is 1.08. The molecule has 0 bridgehead atoms. The Kier molecular flexibility index (Phi) is 5.13. The van der Waals surface area contributed by atoms with Crippen molar-refractivity contribution >= 4 is 22.9 Å². The van der Waals surface area contributed by atoms with Gasteiger partial charge in [0.1, 0.15) is 0 Å². The van der Waals surface area contributed by atoms with E-state index in [9.17, 15) is 9.59 Å². The van der Waals surface area contributed by atoms with E-state index in [1.165, 1.54) is 19.3 Å². The van der Waals surface area contributed by atoms with E-state index in [4.69, 9.17) is 4.42 Å². The average molecular weight is 411 g/mol. The molecule has 0 radical (unpaired) electrons. The fourth-order valence-electron chi connectivity index (χ4n) is 5.30. The van der Waals surface area contributed by atoms with Gasteiger partial charge in [0.05, 0.1) is 6.20 Å². The van der Waals surface area contributed by atoms with Crippen LogP contribution in [0, 0.1) is 11.3 Å². The van der Waals surface area contributed by atoms with E-state index in [-0.39, 0.29) is 11.9 Å². The van der Waals surface area contributed by atoms with E-state index in [0.717, 1.165) is 50.6 Å². The van der Waals surface area contributed by atoms with E-state index in [1.54, 1.807) is 18.5 Å². The quantitative estimate of drug-likeness (QED) is 0.804. The van der Waals surface area contributed by atoms with Gasteiger partial charge in [-0.1, -0.05) is 19.3 Å². The zero-order valence-corrected chi connectivity index (χ0v) is 17.4. The lowest BCUT2D eigenvalue weighted by atomic mass is 9.91. The van der Waals surface area contributed by atoms with E-state index >= 15 is 0 Å². The van der Waals surface area contributed by atoms with Gasteiger partial charge in [-0.05, 0) is 55.6 Å². The van der Waals surface area contributed by atoms with Crippen molar-refractivity contribution in [3.8, 4) is 0 Å². The van der Waals surface area contributed by atoms with Crippen LogP contribution in [0.4, 0.5) is 4.79 Å². The van der Waals surface area contributed by atoms with Crippen LogP contribution >= 0.6 is 0 Å². The Morgan fingerprint density at radius 3 is 2.77 bits per heavy atom. The molecule has 3 aliphatic rings. The van der Waals surface area contributed by atoms with Gasteiger partial charge in [0.25, 0.3) is 5.91 Å². The van der Waals surface area contributed by atoms with E-state index in [0.29, 0.717) is 35.3 Å². The summed E-state index contributed by atoms with van der Waals surface area (Å²) in [6, 6.07) is 4.07. The predicted molar refractivity (Wildman–Crippen MR) is 113 cm³/mol.